The third kappa shape index (κ3) is 2.89. The number of H-pyrrole nitrogens is 1. The average Bonchev–Trinajstić information content (AvgIpc) is 2.82. The van der Waals surface area contributed by atoms with Crippen LogP contribution < -0.4 is 0 Å². The highest BCUT2D eigenvalue weighted by molar-refractivity contribution is 7.99. The molecule has 0 aliphatic heterocycles. The molecule has 2 aromatic carbocycles. The largest absolute Gasteiger partial charge is 0.478 e. The van der Waals surface area contributed by atoms with E-state index in [9.17, 15) is 9.90 Å². The summed E-state index contributed by atoms with van der Waals surface area (Å²) in [6, 6.07) is 10.7. The van der Waals surface area contributed by atoms with Crippen molar-refractivity contribution in [1.82, 2.24) is 9.97 Å². The molecule has 21 heavy (non-hydrogen) atoms. The van der Waals surface area contributed by atoms with E-state index < -0.39 is 5.97 Å². The van der Waals surface area contributed by atoms with Crippen molar-refractivity contribution in [2.24, 2.45) is 0 Å². The van der Waals surface area contributed by atoms with Gasteiger partial charge in [0.05, 0.1) is 16.6 Å². The maximum absolute atomic E-state index is 11.3. The number of hydrogen-bond acceptors (Lipinski definition) is 3. The first-order valence-electron chi connectivity index (χ1n) is 6.20. The fourth-order valence-corrected chi connectivity index (χ4v) is 3.09. The summed E-state index contributed by atoms with van der Waals surface area (Å²) in [7, 11) is 0. The molecule has 0 aliphatic carbocycles. The van der Waals surface area contributed by atoms with Crippen LogP contribution in [0, 0.1) is 6.92 Å². The van der Waals surface area contributed by atoms with Crippen LogP contribution in [0.25, 0.3) is 11.0 Å². The molecular formula is C15H11ClN2O2S. The number of fused-ring (bicyclic) bond motifs is 1. The Hall–Kier alpha value is -1.98. The van der Waals surface area contributed by atoms with E-state index in [1.54, 1.807) is 12.1 Å². The zero-order valence-corrected chi connectivity index (χ0v) is 12.6. The van der Waals surface area contributed by atoms with Gasteiger partial charge in [-0.3, -0.25) is 0 Å². The summed E-state index contributed by atoms with van der Waals surface area (Å²) in [5.41, 5.74) is 3.10. The second kappa shape index (κ2) is 5.42. The Balaban J connectivity index is 2.00. The third-order valence-corrected chi connectivity index (χ3v) is 4.19. The highest BCUT2D eigenvalue weighted by Gasteiger charge is 2.14. The van der Waals surface area contributed by atoms with Crippen LogP contribution in [-0.2, 0) is 0 Å². The molecular weight excluding hydrogens is 308 g/mol. The van der Waals surface area contributed by atoms with Crippen LogP contribution in [0.5, 0.6) is 0 Å². The normalized spacial score (nSPS) is 11.0. The van der Waals surface area contributed by atoms with Crippen LogP contribution in [0.4, 0.5) is 0 Å². The van der Waals surface area contributed by atoms with E-state index in [2.05, 4.69) is 9.97 Å². The number of nitrogens with zero attached hydrogens (tertiary/aromatic N) is 1. The first kappa shape index (κ1) is 14.0. The summed E-state index contributed by atoms with van der Waals surface area (Å²) in [6.07, 6.45) is 0. The predicted molar refractivity (Wildman–Crippen MR) is 83.4 cm³/mol. The lowest BCUT2D eigenvalue weighted by atomic mass is 10.2. The lowest BCUT2D eigenvalue weighted by Gasteiger charge is -2.03. The fraction of sp³-hybridized carbons (Fsp3) is 0.0667. The number of aromatic carboxylic acids is 1. The van der Waals surface area contributed by atoms with Gasteiger partial charge in [-0.1, -0.05) is 29.4 Å². The second-order valence-corrected chi connectivity index (χ2v) is 6.08. The predicted octanol–water partition coefficient (Wildman–Crippen LogP) is 4.37. The van der Waals surface area contributed by atoms with Gasteiger partial charge >= 0.3 is 5.97 Å². The van der Waals surface area contributed by atoms with Gasteiger partial charge in [0, 0.05) is 9.92 Å². The summed E-state index contributed by atoms with van der Waals surface area (Å²) in [6.45, 7) is 2.01. The Labute approximate surface area is 130 Å². The summed E-state index contributed by atoms with van der Waals surface area (Å²) < 4.78 is 0. The van der Waals surface area contributed by atoms with Gasteiger partial charge in [0.15, 0.2) is 5.16 Å². The second-order valence-electron chi connectivity index (χ2n) is 4.61. The Morgan fingerprint density at radius 2 is 2.10 bits per heavy atom. The van der Waals surface area contributed by atoms with Gasteiger partial charge < -0.3 is 10.1 Å². The number of benzene rings is 2. The van der Waals surface area contributed by atoms with E-state index in [0.717, 1.165) is 16.6 Å². The smallest absolute Gasteiger partial charge is 0.336 e. The molecule has 0 unspecified atom stereocenters. The number of carboxylic acid groups (broad SMARTS) is 1. The maximum atomic E-state index is 11.3. The molecule has 3 rings (SSSR count). The topological polar surface area (TPSA) is 66.0 Å². The molecule has 0 radical (unpaired) electrons. The molecule has 0 bridgehead atoms. The van der Waals surface area contributed by atoms with E-state index in [4.69, 9.17) is 11.6 Å². The number of carboxylic acids is 1. The minimum atomic E-state index is -1.01. The molecule has 0 saturated carbocycles. The molecule has 3 aromatic rings. The van der Waals surface area contributed by atoms with Crippen molar-refractivity contribution in [1.29, 1.82) is 0 Å². The third-order valence-electron chi connectivity index (χ3n) is 2.99. The van der Waals surface area contributed by atoms with Crippen LogP contribution in [0.1, 0.15) is 15.9 Å². The van der Waals surface area contributed by atoms with E-state index in [-0.39, 0.29) is 5.56 Å². The number of aromatic amines is 1. The standard InChI is InChI=1S/C15H11ClN2O2S/c1-8-2-4-11-12(6-8)18-15(17-11)21-13-5-3-9(16)7-10(13)14(19)20/h2-7H,1H3,(H,17,18)(H,19,20). The number of hydrogen-bond donors (Lipinski definition) is 2. The number of halogens is 1. The van der Waals surface area contributed by atoms with Crippen molar-refractivity contribution < 1.29 is 9.90 Å². The molecule has 1 heterocycles. The molecule has 0 amide bonds. The molecule has 0 spiro atoms. The number of nitrogens with one attached hydrogen (secondary N) is 1. The van der Waals surface area contributed by atoms with Gasteiger partial charge in [0.25, 0.3) is 0 Å². The van der Waals surface area contributed by atoms with E-state index in [1.165, 1.54) is 17.8 Å². The quantitative estimate of drug-likeness (QED) is 0.752. The van der Waals surface area contributed by atoms with Crippen molar-refractivity contribution in [3.8, 4) is 0 Å². The molecule has 0 saturated heterocycles. The van der Waals surface area contributed by atoms with Crippen LogP contribution in [0.3, 0.4) is 0 Å². The van der Waals surface area contributed by atoms with Crippen LogP contribution in [-0.4, -0.2) is 21.0 Å². The number of carbonyl (C=O) groups is 1. The Bertz CT molecular complexity index is 845. The summed E-state index contributed by atoms with van der Waals surface area (Å²) in [4.78, 5) is 19.5. The first-order valence-corrected chi connectivity index (χ1v) is 7.39. The Kier molecular flexibility index (Phi) is 3.61. The molecule has 2 N–H and O–H groups in total. The molecule has 0 fully saturated rings. The van der Waals surface area contributed by atoms with Crippen molar-refractivity contribution in [3.05, 3.63) is 52.5 Å². The zero-order chi connectivity index (χ0) is 15.0. The molecule has 1 aromatic heterocycles. The molecule has 6 heteroatoms. The summed E-state index contributed by atoms with van der Waals surface area (Å²) in [5.74, 6) is -1.01. The van der Waals surface area contributed by atoms with Crippen molar-refractivity contribution in [3.63, 3.8) is 0 Å². The van der Waals surface area contributed by atoms with Crippen LogP contribution in [0.2, 0.25) is 5.02 Å². The van der Waals surface area contributed by atoms with Crippen molar-refractivity contribution >= 4 is 40.4 Å². The summed E-state index contributed by atoms with van der Waals surface area (Å²) in [5, 5.41) is 10.3. The Morgan fingerprint density at radius 3 is 2.86 bits per heavy atom. The highest BCUT2D eigenvalue weighted by atomic mass is 35.5. The number of aromatic nitrogens is 2. The Morgan fingerprint density at radius 1 is 1.29 bits per heavy atom. The number of rotatable bonds is 3. The van der Waals surface area contributed by atoms with Crippen molar-refractivity contribution in [2.75, 3.05) is 0 Å². The molecule has 106 valence electrons. The SMILES string of the molecule is Cc1ccc2nc(Sc3ccc(Cl)cc3C(=O)O)[nH]c2c1. The number of aryl methyl sites for hydroxylation is 1. The summed E-state index contributed by atoms with van der Waals surface area (Å²) >= 11 is 7.13. The minimum Gasteiger partial charge on any atom is -0.478 e. The lowest BCUT2D eigenvalue weighted by Crippen LogP contribution is -1.98. The fourth-order valence-electron chi connectivity index (χ4n) is 2.01. The van der Waals surface area contributed by atoms with Gasteiger partial charge in [-0.15, -0.1) is 0 Å². The minimum absolute atomic E-state index is 0.170. The first-order chi connectivity index (χ1) is 10.0. The lowest BCUT2D eigenvalue weighted by molar-refractivity contribution is 0.0693. The van der Waals surface area contributed by atoms with E-state index >= 15 is 0 Å². The molecule has 0 atom stereocenters. The molecule has 0 aliphatic rings. The van der Waals surface area contributed by atoms with Crippen LogP contribution >= 0.6 is 23.4 Å². The van der Waals surface area contributed by atoms with E-state index in [0.29, 0.717) is 15.1 Å². The van der Waals surface area contributed by atoms with E-state index in [1.807, 2.05) is 25.1 Å². The van der Waals surface area contributed by atoms with Gasteiger partial charge in [0.2, 0.25) is 0 Å². The van der Waals surface area contributed by atoms with Gasteiger partial charge in [0.1, 0.15) is 0 Å². The van der Waals surface area contributed by atoms with Gasteiger partial charge in [-0.2, -0.15) is 0 Å². The van der Waals surface area contributed by atoms with Gasteiger partial charge in [-0.05, 0) is 42.8 Å². The monoisotopic (exact) mass is 318 g/mol. The van der Waals surface area contributed by atoms with Gasteiger partial charge in [-0.25, -0.2) is 9.78 Å². The zero-order valence-electron chi connectivity index (χ0n) is 11.1. The van der Waals surface area contributed by atoms with Crippen molar-refractivity contribution in [2.45, 2.75) is 17.0 Å². The molecule has 4 nitrogen and oxygen atoms in total. The highest BCUT2D eigenvalue weighted by Crippen LogP contribution is 2.31. The number of imidazole rings is 1. The average molecular weight is 319 g/mol. The van der Waals surface area contributed by atoms with Crippen LogP contribution in [0.15, 0.2) is 46.5 Å². The maximum Gasteiger partial charge on any atom is 0.336 e.